The molecule has 0 radical (unpaired) electrons. The van der Waals surface area contributed by atoms with E-state index in [0.717, 1.165) is 19.3 Å². The van der Waals surface area contributed by atoms with Crippen LogP contribution in [0.15, 0.2) is 0 Å². The zero-order chi connectivity index (χ0) is 9.31. The monoisotopic (exact) mass is 224 g/mol. The molecule has 0 N–H and O–H groups in total. The van der Waals surface area contributed by atoms with Crippen molar-refractivity contribution in [3.8, 4) is 0 Å². The fourth-order valence-electron chi connectivity index (χ4n) is 2.15. The average molecular weight is 224 g/mol. The van der Waals surface area contributed by atoms with E-state index in [1.807, 2.05) is 0 Å². The van der Waals surface area contributed by atoms with E-state index in [0.29, 0.717) is 19.4 Å². The van der Waals surface area contributed by atoms with Crippen LogP contribution in [0.3, 0.4) is 0 Å². The van der Waals surface area contributed by atoms with Crippen LogP contribution in [0.25, 0.3) is 0 Å². The molecular formula is C9H13KO4. The van der Waals surface area contributed by atoms with Crippen molar-refractivity contribution in [2.45, 2.75) is 37.7 Å². The first kappa shape index (κ1) is 13.1. The molecule has 0 bridgehead atoms. The fourth-order valence-corrected chi connectivity index (χ4v) is 2.15. The molecule has 0 unspecified atom stereocenters. The van der Waals surface area contributed by atoms with Crippen molar-refractivity contribution < 1.29 is 71.1 Å². The molecule has 1 heterocycles. The van der Waals surface area contributed by atoms with Crippen LogP contribution in [0.1, 0.15) is 32.1 Å². The van der Waals surface area contributed by atoms with Gasteiger partial charge in [0.05, 0.1) is 6.61 Å². The number of aliphatic carboxylic acids is 1. The van der Waals surface area contributed by atoms with Crippen LogP contribution in [-0.2, 0) is 14.6 Å². The number of hydrogen-bond acceptors (Lipinski definition) is 4. The van der Waals surface area contributed by atoms with E-state index >= 15 is 0 Å². The van der Waals surface area contributed by atoms with Crippen LogP contribution in [0, 0.1) is 5.92 Å². The topological polar surface area (TPSA) is 58.6 Å². The molecule has 1 saturated heterocycles. The van der Waals surface area contributed by atoms with Crippen LogP contribution < -0.4 is 56.5 Å². The molecule has 0 aromatic heterocycles. The summed E-state index contributed by atoms with van der Waals surface area (Å²) in [4.78, 5) is 20.6. The SMILES string of the molecule is O=C([O-])C1CCC2(CCOO2)CC1.[K+]. The predicted molar refractivity (Wildman–Crippen MR) is 41.4 cm³/mol. The Kier molecular flexibility index (Phi) is 5.03. The molecule has 0 aromatic carbocycles. The van der Waals surface area contributed by atoms with Gasteiger partial charge in [-0.3, -0.25) is 0 Å². The van der Waals surface area contributed by atoms with Crippen molar-refractivity contribution in [2.75, 3.05) is 6.61 Å². The number of carbonyl (C=O) groups is 1. The molecule has 14 heavy (non-hydrogen) atoms. The first-order chi connectivity index (χ1) is 6.22. The summed E-state index contributed by atoms with van der Waals surface area (Å²) in [5.41, 5.74) is -0.175. The minimum Gasteiger partial charge on any atom is -0.550 e. The molecule has 0 aromatic rings. The Morgan fingerprint density at radius 2 is 1.93 bits per heavy atom. The molecule has 1 saturated carbocycles. The van der Waals surface area contributed by atoms with Crippen molar-refractivity contribution in [3.05, 3.63) is 0 Å². The van der Waals surface area contributed by atoms with Gasteiger partial charge in [0.2, 0.25) is 0 Å². The Morgan fingerprint density at radius 1 is 1.29 bits per heavy atom. The van der Waals surface area contributed by atoms with Gasteiger partial charge in [0.15, 0.2) is 0 Å². The zero-order valence-electron chi connectivity index (χ0n) is 8.45. The molecule has 1 spiro atoms. The van der Waals surface area contributed by atoms with Crippen LogP contribution >= 0.6 is 0 Å². The number of carboxylic acid groups (broad SMARTS) is 1. The van der Waals surface area contributed by atoms with Gasteiger partial charge in [0.25, 0.3) is 0 Å². The Hall–Kier alpha value is 1.03. The third kappa shape index (κ3) is 2.78. The minimum absolute atomic E-state index is 0. The molecule has 74 valence electrons. The molecule has 2 rings (SSSR count). The maximum Gasteiger partial charge on any atom is 1.00 e. The maximum absolute atomic E-state index is 10.6. The number of carbonyl (C=O) groups excluding carboxylic acids is 1. The van der Waals surface area contributed by atoms with E-state index in [9.17, 15) is 9.90 Å². The molecule has 0 atom stereocenters. The van der Waals surface area contributed by atoms with Gasteiger partial charge in [-0.2, -0.15) is 0 Å². The van der Waals surface area contributed by atoms with Crippen LogP contribution in [0.2, 0.25) is 0 Å². The van der Waals surface area contributed by atoms with Gasteiger partial charge < -0.3 is 9.90 Å². The van der Waals surface area contributed by atoms with Crippen molar-refractivity contribution >= 4 is 5.97 Å². The van der Waals surface area contributed by atoms with Crippen LogP contribution in [-0.4, -0.2) is 18.2 Å². The third-order valence-electron chi connectivity index (χ3n) is 3.11. The van der Waals surface area contributed by atoms with E-state index in [2.05, 4.69) is 0 Å². The largest absolute Gasteiger partial charge is 1.00 e. The standard InChI is InChI=1S/C9H14O4.K/c10-8(11)7-1-3-9(4-2-7)5-6-12-13-9;/h7H,1-6H2,(H,10,11);/q;+1/p-1. The smallest absolute Gasteiger partial charge is 0.550 e. The Morgan fingerprint density at radius 3 is 2.36 bits per heavy atom. The fraction of sp³-hybridized carbons (Fsp3) is 0.889. The molecule has 4 nitrogen and oxygen atoms in total. The van der Waals surface area contributed by atoms with Crippen molar-refractivity contribution in [2.24, 2.45) is 5.92 Å². The van der Waals surface area contributed by atoms with E-state index in [1.165, 1.54) is 0 Å². The summed E-state index contributed by atoms with van der Waals surface area (Å²) in [5.74, 6) is -1.21. The van der Waals surface area contributed by atoms with Gasteiger partial charge in [-0.1, -0.05) is 0 Å². The normalized spacial score (nSPS) is 36.7. The van der Waals surface area contributed by atoms with E-state index in [4.69, 9.17) is 9.78 Å². The molecule has 2 fully saturated rings. The third-order valence-corrected chi connectivity index (χ3v) is 3.11. The molecular weight excluding hydrogens is 211 g/mol. The van der Waals surface area contributed by atoms with Gasteiger partial charge in [0.1, 0.15) is 5.60 Å². The Balaban J connectivity index is 0.000000980. The summed E-state index contributed by atoms with van der Waals surface area (Å²) >= 11 is 0. The second-order valence-corrected chi connectivity index (χ2v) is 3.93. The molecule has 5 heteroatoms. The minimum atomic E-state index is -0.922. The van der Waals surface area contributed by atoms with Gasteiger partial charge >= 0.3 is 51.4 Å². The number of carboxylic acids is 1. The molecule has 0 amide bonds. The predicted octanol–water partition coefficient (Wildman–Crippen LogP) is -2.98. The first-order valence-electron chi connectivity index (χ1n) is 4.73. The number of rotatable bonds is 1. The summed E-state index contributed by atoms with van der Waals surface area (Å²) in [6.07, 6.45) is 3.78. The maximum atomic E-state index is 10.6. The quantitative estimate of drug-likeness (QED) is 0.352. The summed E-state index contributed by atoms with van der Waals surface area (Å²) in [6, 6.07) is 0. The second kappa shape index (κ2) is 5.38. The first-order valence-corrected chi connectivity index (χ1v) is 4.73. The van der Waals surface area contributed by atoms with Gasteiger partial charge in [-0.15, -0.1) is 0 Å². The van der Waals surface area contributed by atoms with Crippen molar-refractivity contribution in [1.82, 2.24) is 0 Å². The van der Waals surface area contributed by atoms with Gasteiger partial charge in [-0.05, 0) is 31.6 Å². The van der Waals surface area contributed by atoms with Gasteiger partial charge in [-0.25, -0.2) is 9.78 Å². The van der Waals surface area contributed by atoms with Crippen LogP contribution in [0.4, 0.5) is 0 Å². The zero-order valence-corrected chi connectivity index (χ0v) is 11.6. The Bertz CT molecular complexity index is 203. The van der Waals surface area contributed by atoms with E-state index in [-0.39, 0.29) is 62.9 Å². The van der Waals surface area contributed by atoms with E-state index in [1.54, 1.807) is 0 Å². The van der Waals surface area contributed by atoms with Crippen LogP contribution in [0.5, 0.6) is 0 Å². The summed E-state index contributed by atoms with van der Waals surface area (Å²) in [5, 5.41) is 10.6. The van der Waals surface area contributed by atoms with Gasteiger partial charge in [0, 0.05) is 12.4 Å². The Labute approximate surface area is 126 Å². The molecule has 2 aliphatic rings. The summed E-state index contributed by atoms with van der Waals surface area (Å²) in [6.45, 7) is 0.635. The van der Waals surface area contributed by atoms with E-state index < -0.39 is 5.97 Å². The summed E-state index contributed by atoms with van der Waals surface area (Å²) in [7, 11) is 0. The van der Waals surface area contributed by atoms with Crippen molar-refractivity contribution in [1.29, 1.82) is 0 Å². The average Bonchev–Trinajstić information content (AvgIpc) is 2.54. The molecule has 1 aliphatic heterocycles. The molecule has 1 aliphatic carbocycles. The van der Waals surface area contributed by atoms with Crippen molar-refractivity contribution in [3.63, 3.8) is 0 Å². The summed E-state index contributed by atoms with van der Waals surface area (Å²) < 4.78 is 0. The number of hydrogen-bond donors (Lipinski definition) is 0. The second-order valence-electron chi connectivity index (χ2n) is 3.93.